The molecule has 0 saturated carbocycles. The Balaban J connectivity index is 2.39. The van der Waals surface area contributed by atoms with E-state index in [1.165, 1.54) is 18.4 Å². The van der Waals surface area contributed by atoms with Gasteiger partial charge in [-0.2, -0.15) is 0 Å². The number of unbranched alkanes of at least 4 members (excludes halogenated alkanes) is 2. The van der Waals surface area contributed by atoms with E-state index in [0.717, 1.165) is 31.1 Å². The van der Waals surface area contributed by atoms with Gasteiger partial charge in [0, 0.05) is 5.88 Å². The molecule has 1 aromatic rings. The molecule has 96 valence electrons. The molecule has 1 atom stereocenters. The van der Waals surface area contributed by atoms with Gasteiger partial charge in [-0.15, -0.1) is 11.6 Å². The van der Waals surface area contributed by atoms with E-state index >= 15 is 0 Å². The Morgan fingerprint density at radius 3 is 2.47 bits per heavy atom. The minimum atomic E-state index is 0.529. The molecule has 0 amide bonds. The standard InChI is InChI=1S/C15H23ClO/c1-3-4-5-12-17-15-8-6-14(7-9-15)13(2)10-11-16/h6-9,13H,3-5,10-12H2,1-2H3. The minimum absolute atomic E-state index is 0.529. The lowest BCUT2D eigenvalue weighted by Gasteiger charge is -2.11. The van der Waals surface area contributed by atoms with E-state index < -0.39 is 0 Å². The van der Waals surface area contributed by atoms with Gasteiger partial charge in [-0.25, -0.2) is 0 Å². The number of rotatable bonds is 8. The van der Waals surface area contributed by atoms with Crippen molar-refractivity contribution in [3.05, 3.63) is 29.8 Å². The van der Waals surface area contributed by atoms with Crippen LogP contribution in [0.15, 0.2) is 24.3 Å². The Hall–Kier alpha value is -0.690. The summed E-state index contributed by atoms with van der Waals surface area (Å²) in [6.07, 6.45) is 4.64. The zero-order chi connectivity index (χ0) is 12.5. The smallest absolute Gasteiger partial charge is 0.119 e. The molecular weight excluding hydrogens is 232 g/mol. The Bertz CT molecular complexity index is 294. The summed E-state index contributed by atoms with van der Waals surface area (Å²) in [6, 6.07) is 8.41. The van der Waals surface area contributed by atoms with E-state index in [1.807, 2.05) is 0 Å². The van der Waals surface area contributed by atoms with Gasteiger partial charge in [0.15, 0.2) is 0 Å². The average molecular weight is 255 g/mol. The van der Waals surface area contributed by atoms with E-state index in [4.69, 9.17) is 16.3 Å². The maximum absolute atomic E-state index is 5.75. The van der Waals surface area contributed by atoms with Crippen LogP contribution in [-0.4, -0.2) is 12.5 Å². The van der Waals surface area contributed by atoms with Crippen LogP contribution in [0.25, 0.3) is 0 Å². The maximum Gasteiger partial charge on any atom is 0.119 e. The second-order valence-electron chi connectivity index (χ2n) is 4.50. The second-order valence-corrected chi connectivity index (χ2v) is 4.88. The first-order chi connectivity index (χ1) is 8.27. The van der Waals surface area contributed by atoms with Crippen LogP contribution in [0.4, 0.5) is 0 Å². The largest absolute Gasteiger partial charge is 0.494 e. The zero-order valence-electron chi connectivity index (χ0n) is 10.9. The van der Waals surface area contributed by atoms with Crippen molar-refractivity contribution in [1.82, 2.24) is 0 Å². The fourth-order valence-corrected chi connectivity index (χ4v) is 2.09. The van der Waals surface area contributed by atoms with Crippen molar-refractivity contribution in [2.24, 2.45) is 0 Å². The van der Waals surface area contributed by atoms with Gasteiger partial charge in [0.2, 0.25) is 0 Å². The van der Waals surface area contributed by atoms with Crippen LogP contribution in [-0.2, 0) is 0 Å². The first kappa shape index (κ1) is 14.4. The van der Waals surface area contributed by atoms with Gasteiger partial charge in [0.25, 0.3) is 0 Å². The van der Waals surface area contributed by atoms with Crippen molar-refractivity contribution in [3.63, 3.8) is 0 Å². The Morgan fingerprint density at radius 1 is 1.18 bits per heavy atom. The molecule has 0 N–H and O–H groups in total. The van der Waals surface area contributed by atoms with E-state index in [-0.39, 0.29) is 0 Å². The van der Waals surface area contributed by atoms with Crippen molar-refractivity contribution in [2.45, 2.75) is 45.4 Å². The van der Waals surface area contributed by atoms with Crippen molar-refractivity contribution < 1.29 is 4.74 Å². The van der Waals surface area contributed by atoms with Crippen LogP contribution < -0.4 is 4.74 Å². The Kier molecular flexibility index (Phi) is 7.11. The van der Waals surface area contributed by atoms with Crippen LogP contribution in [0, 0.1) is 0 Å². The fraction of sp³-hybridized carbons (Fsp3) is 0.600. The summed E-state index contributed by atoms with van der Waals surface area (Å²) in [5.74, 6) is 2.22. The molecule has 0 heterocycles. The monoisotopic (exact) mass is 254 g/mol. The molecule has 1 unspecified atom stereocenters. The van der Waals surface area contributed by atoms with Crippen molar-refractivity contribution in [2.75, 3.05) is 12.5 Å². The second kappa shape index (κ2) is 8.41. The quantitative estimate of drug-likeness (QED) is 0.469. The van der Waals surface area contributed by atoms with E-state index in [1.54, 1.807) is 0 Å². The van der Waals surface area contributed by atoms with Crippen molar-refractivity contribution >= 4 is 11.6 Å². The molecule has 0 fully saturated rings. The highest BCUT2D eigenvalue weighted by atomic mass is 35.5. The van der Waals surface area contributed by atoms with Crippen LogP contribution in [0.2, 0.25) is 0 Å². The predicted molar refractivity (Wildman–Crippen MR) is 75.2 cm³/mol. The van der Waals surface area contributed by atoms with Crippen LogP contribution in [0.5, 0.6) is 5.75 Å². The van der Waals surface area contributed by atoms with Gasteiger partial charge >= 0.3 is 0 Å². The summed E-state index contributed by atoms with van der Waals surface area (Å²) >= 11 is 5.75. The SMILES string of the molecule is CCCCCOc1ccc(C(C)CCCl)cc1. The third-order valence-corrected chi connectivity index (χ3v) is 3.23. The first-order valence-electron chi connectivity index (χ1n) is 6.56. The van der Waals surface area contributed by atoms with Gasteiger partial charge < -0.3 is 4.74 Å². The average Bonchev–Trinajstić information content (AvgIpc) is 2.36. The van der Waals surface area contributed by atoms with Gasteiger partial charge in [0.05, 0.1) is 6.61 Å². The normalized spacial score (nSPS) is 12.4. The van der Waals surface area contributed by atoms with Gasteiger partial charge in [0.1, 0.15) is 5.75 Å². The van der Waals surface area contributed by atoms with Crippen LogP contribution in [0.1, 0.15) is 51.0 Å². The Labute approximate surface area is 110 Å². The number of ether oxygens (including phenoxy) is 1. The molecule has 0 aliphatic heterocycles. The van der Waals surface area contributed by atoms with Gasteiger partial charge in [-0.05, 0) is 36.5 Å². The number of alkyl halides is 1. The summed E-state index contributed by atoms with van der Waals surface area (Å²) in [5.41, 5.74) is 1.34. The summed E-state index contributed by atoms with van der Waals surface area (Å²) < 4.78 is 5.68. The lowest BCUT2D eigenvalue weighted by atomic mass is 9.99. The molecule has 0 saturated heterocycles. The summed E-state index contributed by atoms with van der Waals surface area (Å²) in [5, 5.41) is 0. The van der Waals surface area contributed by atoms with Crippen LogP contribution in [0.3, 0.4) is 0 Å². The number of halogens is 1. The molecule has 0 aliphatic rings. The highest BCUT2D eigenvalue weighted by Gasteiger charge is 2.04. The minimum Gasteiger partial charge on any atom is -0.494 e. The molecule has 0 aromatic heterocycles. The summed E-state index contributed by atoms with van der Waals surface area (Å²) in [7, 11) is 0. The molecule has 0 radical (unpaired) electrons. The maximum atomic E-state index is 5.75. The first-order valence-corrected chi connectivity index (χ1v) is 7.10. The third-order valence-electron chi connectivity index (χ3n) is 3.01. The number of benzene rings is 1. The molecule has 17 heavy (non-hydrogen) atoms. The topological polar surface area (TPSA) is 9.23 Å². The Morgan fingerprint density at radius 2 is 1.88 bits per heavy atom. The van der Waals surface area contributed by atoms with E-state index in [2.05, 4.69) is 38.1 Å². The summed E-state index contributed by atoms with van der Waals surface area (Å²) in [6.45, 7) is 5.23. The van der Waals surface area contributed by atoms with Crippen LogP contribution >= 0.6 is 11.6 Å². The lowest BCUT2D eigenvalue weighted by molar-refractivity contribution is 0.306. The van der Waals surface area contributed by atoms with E-state index in [9.17, 15) is 0 Å². The van der Waals surface area contributed by atoms with Gasteiger partial charge in [-0.3, -0.25) is 0 Å². The van der Waals surface area contributed by atoms with Crippen molar-refractivity contribution in [3.8, 4) is 5.75 Å². The van der Waals surface area contributed by atoms with Gasteiger partial charge in [-0.1, -0.05) is 38.8 Å². The fourth-order valence-electron chi connectivity index (χ4n) is 1.76. The summed E-state index contributed by atoms with van der Waals surface area (Å²) in [4.78, 5) is 0. The lowest BCUT2D eigenvalue weighted by Crippen LogP contribution is -1.98. The molecule has 0 spiro atoms. The highest BCUT2D eigenvalue weighted by molar-refractivity contribution is 6.17. The molecule has 0 bridgehead atoms. The molecule has 0 aliphatic carbocycles. The zero-order valence-corrected chi connectivity index (χ0v) is 11.7. The molecule has 1 rings (SSSR count). The number of hydrogen-bond donors (Lipinski definition) is 0. The van der Waals surface area contributed by atoms with E-state index in [0.29, 0.717) is 5.92 Å². The van der Waals surface area contributed by atoms with Crippen molar-refractivity contribution in [1.29, 1.82) is 0 Å². The third kappa shape index (κ3) is 5.45. The number of hydrogen-bond acceptors (Lipinski definition) is 1. The molecule has 2 heteroatoms. The molecule has 1 nitrogen and oxygen atoms in total. The predicted octanol–water partition coefficient (Wildman–Crippen LogP) is 4.99. The highest BCUT2D eigenvalue weighted by Crippen LogP contribution is 2.22. The molecular formula is C15H23ClO. The molecule has 1 aromatic carbocycles.